The van der Waals surface area contributed by atoms with Gasteiger partial charge in [0, 0.05) is 17.5 Å². The average Bonchev–Trinajstić information content (AvgIpc) is 3.04. The second kappa shape index (κ2) is 8.77. The number of aryl methyl sites for hydroxylation is 1. The molecule has 1 atom stereocenters. The lowest BCUT2D eigenvalue weighted by Gasteiger charge is -2.13. The highest BCUT2D eigenvalue weighted by Gasteiger charge is 2.24. The van der Waals surface area contributed by atoms with E-state index in [4.69, 9.17) is 13.9 Å². The highest BCUT2D eigenvalue weighted by atomic mass is 19.1. The summed E-state index contributed by atoms with van der Waals surface area (Å²) >= 11 is 0. The molecule has 0 spiro atoms. The molecule has 0 aliphatic heterocycles. The number of nitrogens with one attached hydrogen (secondary N) is 1. The molecule has 1 amide bonds. The smallest absolute Gasteiger partial charge is 0.375 e. The molecule has 0 unspecified atom stereocenters. The lowest BCUT2D eigenvalue weighted by molar-refractivity contribution is -0.129. The van der Waals surface area contributed by atoms with Gasteiger partial charge in [0.25, 0.3) is 5.91 Å². The monoisotopic (exact) mass is 399 g/mol. The van der Waals surface area contributed by atoms with Crippen LogP contribution in [0.5, 0.6) is 5.75 Å². The van der Waals surface area contributed by atoms with E-state index in [9.17, 15) is 14.0 Å². The van der Waals surface area contributed by atoms with Crippen molar-refractivity contribution in [2.75, 3.05) is 6.61 Å². The molecule has 7 heteroatoms. The molecule has 0 saturated carbocycles. The molecule has 0 aliphatic rings. The third kappa shape index (κ3) is 4.74. The highest BCUT2D eigenvalue weighted by molar-refractivity contribution is 5.97. The van der Waals surface area contributed by atoms with Crippen molar-refractivity contribution in [2.24, 2.45) is 0 Å². The fourth-order valence-electron chi connectivity index (χ4n) is 2.85. The largest absolute Gasteiger partial charge is 0.494 e. The van der Waals surface area contributed by atoms with Crippen LogP contribution < -0.4 is 10.1 Å². The minimum atomic E-state index is -1.02. The van der Waals surface area contributed by atoms with Gasteiger partial charge < -0.3 is 19.2 Å². The Morgan fingerprint density at radius 3 is 2.59 bits per heavy atom. The molecule has 1 aromatic heterocycles. The van der Waals surface area contributed by atoms with Crippen LogP contribution in [0.15, 0.2) is 46.9 Å². The Bertz CT molecular complexity index is 1030. The lowest BCUT2D eigenvalue weighted by atomic mass is 10.1. The predicted molar refractivity (Wildman–Crippen MR) is 105 cm³/mol. The van der Waals surface area contributed by atoms with Crippen LogP contribution in [0.25, 0.3) is 11.0 Å². The normalized spacial score (nSPS) is 11.9. The van der Waals surface area contributed by atoms with Crippen LogP contribution in [0.4, 0.5) is 4.39 Å². The van der Waals surface area contributed by atoms with Crippen LogP contribution in [-0.2, 0) is 16.1 Å². The van der Waals surface area contributed by atoms with Gasteiger partial charge in [-0.05, 0) is 56.7 Å². The number of ether oxygens (including phenoxy) is 2. The molecule has 6 nitrogen and oxygen atoms in total. The Hall–Kier alpha value is -3.35. The molecule has 0 saturated heterocycles. The van der Waals surface area contributed by atoms with Crippen LogP contribution >= 0.6 is 0 Å². The topological polar surface area (TPSA) is 77.8 Å². The number of halogens is 1. The van der Waals surface area contributed by atoms with E-state index in [0.717, 1.165) is 10.9 Å². The van der Waals surface area contributed by atoms with Crippen LogP contribution in [-0.4, -0.2) is 24.6 Å². The number of furan rings is 1. The Kier molecular flexibility index (Phi) is 6.16. The second-order valence-corrected chi connectivity index (χ2v) is 6.54. The molecule has 0 fully saturated rings. The summed E-state index contributed by atoms with van der Waals surface area (Å²) in [4.78, 5) is 24.7. The van der Waals surface area contributed by atoms with Crippen molar-refractivity contribution in [3.8, 4) is 5.75 Å². The zero-order valence-electron chi connectivity index (χ0n) is 16.5. The summed E-state index contributed by atoms with van der Waals surface area (Å²) in [5, 5.41) is 3.40. The van der Waals surface area contributed by atoms with Gasteiger partial charge in [0.2, 0.25) is 5.76 Å². The molecule has 1 N–H and O–H groups in total. The molecule has 0 aliphatic carbocycles. The summed E-state index contributed by atoms with van der Waals surface area (Å²) in [5.41, 5.74) is 1.88. The zero-order chi connectivity index (χ0) is 21.0. The first kappa shape index (κ1) is 20.4. The van der Waals surface area contributed by atoms with Gasteiger partial charge in [-0.1, -0.05) is 12.1 Å². The molecule has 0 radical (unpaired) electrons. The first-order valence-electron chi connectivity index (χ1n) is 9.28. The Balaban J connectivity index is 1.64. The van der Waals surface area contributed by atoms with Crippen LogP contribution in [0, 0.1) is 12.7 Å². The Morgan fingerprint density at radius 1 is 1.17 bits per heavy atom. The number of rotatable bonds is 7. The number of benzene rings is 2. The van der Waals surface area contributed by atoms with E-state index in [2.05, 4.69) is 5.32 Å². The minimum Gasteiger partial charge on any atom is -0.494 e. The van der Waals surface area contributed by atoms with E-state index in [1.54, 1.807) is 37.3 Å². The summed E-state index contributed by atoms with van der Waals surface area (Å²) in [5.74, 6) is -0.808. The maximum atomic E-state index is 12.9. The Morgan fingerprint density at radius 2 is 1.90 bits per heavy atom. The Labute approximate surface area is 167 Å². The van der Waals surface area contributed by atoms with E-state index in [-0.39, 0.29) is 18.1 Å². The molecule has 152 valence electrons. The van der Waals surface area contributed by atoms with Crippen molar-refractivity contribution in [3.63, 3.8) is 0 Å². The van der Waals surface area contributed by atoms with Crippen molar-refractivity contribution in [1.29, 1.82) is 0 Å². The van der Waals surface area contributed by atoms with Crippen LogP contribution in [0.3, 0.4) is 0 Å². The molecule has 3 aromatic rings. The molecule has 2 aromatic carbocycles. The van der Waals surface area contributed by atoms with Gasteiger partial charge in [0.1, 0.15) is 17.1 Å². The number of fused-ring (bicyclic) bond motifs is 1. The summed E-state index contributed by atoms with van der Waals surface area (Å²) < 4.78 is 29.3. The van der Waals surface area contributed by atoms with E-state index in [0.29, 0.717) is 23.5 Å². The number of esters is 1. The minimum absolute atomic E-state index is 0.0480. The van der Waals surface area contributed by atoms with Gasteiger partial charge in [-0.15, -0.1) is 0 Å². The van der Waals surface area contributed by atoms with Crippen molar-refractivity contribution in [2.45, 2.75) is 33.4 Å². The van der Waals surface area contributed by atoms with Gasteiger partial charge in [-0.25, -0.2) is 9.18 Å². The van der Waals surface area contributed by atoms with Gasteiger partial charge in [-0.2, -0.15) is 0 Å². The van der Waals surface area contributed by atoms with E-state index < -0.39 is 18.0 Å². The molecule has 29 heavy (non-hydrogen) atoms. The zero-order valence-corrected chi connectivity index (χ0v) is 16.5. The van der Waals surface area contributed by atoms with E-state index >= 15 is 0 Å². The first-order chi connectivity index (χ1) is 13.9. The van der Waals surface area contributed by atoms with Crippen molar-refractivity contribution in [3.05, 3.63) is 65.2 Å². The van der Waals surface area contributed by atoms with Gasteiger partial charge in [0.15, 0.2) is 6.10 Å². The molecule has 0 bridgehead atoms. The number of amides is 1. The maximum Gasteiger partial charge on any atom is 0.375 e. The molecule has 1 heterocycles. The standard InChI is InChI=1S/C22H22FNO5/c1-4-27-17-9-10-19-18(11-17)13(2)20(29-19)22(26)28-14(3)21(25)24-12-15-5-7-16(23)8-6-15/h5-11,14H,4,12H2,1-3H3,(H,24,25)/t14-/m0/s1. The quantitative estimate of drug-likeness (QED) is 0.604. The number of hydrogen-bond donors (Lipinski definition) is 1. The van der Waals surface area contributed by atoms with Crippen LogP contribution in [0.2, 0.25) is 0 Å². The summed E-state index contributed by atoms with van der Waals surface area (Å²) in [6.45, 7) is 5.84. The number of carbonyl (C=O) groups excluding carboxylic acids is 2. The van der Waals surface area contributed by atoms with Crippen molar-refractivity contribution in [1.82, 2.24) is 5.32 Å². The van der Waals surface area contributed by atoms with Gasteiger partial charge in [0.05, 0.1) is 6.61 Å². The molecular weight excluding hydrogens is 377 g/mol. The fourth-order valence-corrected chi connectivity index (χ4v) is 2.85. The summed E-state index contributed by atoms with van der Waals surface area (Å²) in [6, 6.07) is 11.0. The lowest BCUT2D eigenvalue weighted by Crippen LogP contribution is -2.35. The number of carbonyl (C=O) groups is 2. The fraction of sp³-hybridized carbons (Fsp3) is 0.273. The summed E-state index contributed by atoms with van der Waals surface area (Å²) in [6.07, 6.45) is -1.02. The number of hydrogen-bond acceptors (Lipinski definition) is 5. The average molecular weight is 399 g/mol. The third-order valence-corrected chi connectivity index (χ3v) is 4.44. The third-order valence-electron chi connectivity index (χ3n) is 4.44. The molecular formula is C22H22FNO5. The van der Waals surface area contributed by atoms with Gasteiger partial charge >= 0.3 is 5.97 Å². The van der Waals surface area contributed by atoms with Crippen molar-refractivity contribution >= 4 is 22.8 Å². The van der Waals surface area contributed by atoms with Crippen molar-refractivity contribution < 1.29 is 27.9 Å². The predicted octanol–water partition coefficient (Wildman–Crippen LogP) is 4.14. The van der Waals surface area contributed by atoms with E-state index in [1.165, 1.54) is 19.1 Å². The summed E-state index contributed by atoms with van der Waals surface area (Å²) in [7, 11) is 0. The highest BCUT2D eigenvalue weighted by Crippen LogP contribution is 2.29. The molecule has 3 rings (SSSR count). The first-order valence-corrected chi connectivity index (χ1v) is 9.28. The van der Waals surface area contributed by atoms with Gasteiger partial charge in [-0.3, -0.25) is 4.79 Å². The van der Waals surface area contributed by atoms with Crippen LogP contribution in [0.1, 0.15) is 35.5 Å². The van der Waals surface area contributed by atoms with E-state index in [1.807, 2.05) is 6.92 Å². The SMILES string of the molecule is CCOc1ccc2oc(C(=O)O[C@@H](C)C(=O)NCc3ccc(F)cc3)c(C)c2c1. The second-order valence-electron chi connectivity index (χ2n) is 6.54. The maximum absolute atomic E-state index is 12.9.